The van der Waals surface area contributed by atoms with Crippen LogP contribution in [0.4, 0.5) is 4.39 Å². The lowest BCUT2D eigenvalue weighted by Crippen LogP contribution is -2.31. The number of H-pyrrole nitrogens is 1. The van der Waals surface area contributed by atoms with E-state index in [2.05, 4.69) is 10.5 Å². The highest BCUT2D eigenvalue weighted by Gasteiger charge is 2.27. The molecule has 3 rings (SSSR count). The summed E-state index contributed by atoms with van der Waals surface area (Å²) in [5.41, 5.74) is 0.644. The molecule has 0 saturated carbocycles. The predicted molar refractivity (Wildman–Crippen MR) is 73.5 cm³/mol. The van der Waals surface area contributed by atoms with Crippen molar-refractivity contribution >= 4 is 11.6 Å². The number of hydrogen-bond acceptors (Lipinski definition) is 3. The van der Waals surface area contributed by atoms with Gasteiger partial charge in [-0.05, 0) is 37.1 Å². The molecule has 0 spiro atoms. The van der Waals surface area contributed by atoms with Crippen LogP contribution in [0.5, 0.6) is 0 Å². The van der Waals surface area contributed by atoms with Crippen LogP contribution >= 0.6 is 11.6 Å². The molecule has 1 aliphatic heterocycles. The zero-order valence-electron chi connectivity index (χ0n) is 10.7. The monoisotopic (exact) mass is 296 g/mol. The fourth-order valence-corrected chi connectivity index (χ4v) is 2.99. The maximum Gasteiger partial charge on any atom is 0.280 e. The van der Waals surface area contributed by atoms with Crippen LogP contribution in [0, 0.1) is 5.82 Å². The molecule has 2 heterocycles. The van der Waals surface area contributed by atoms with Crippen LogP contribution < -0.4 is 10.9 Å². The topological polar surface area (TPSA) is 58.0 Å². The van der Waals surface area contributed by atoms with E-state index in [1.165, 1.54) is 18.2 Å². The minimum Gasteiger partial charge on any atom is -0.383 e. The van der Waals surface area contributed by atoms with Gasteiger partial charge >= 0.3 is 0 Å². The Morgan fingerprint density at radius 1 is 1.35 bits per heavy atom. The quantitative estimate of drug-likeness (QED) is 0.896. The molecule has 0 radical (unpaired) electrons. The zero-order valence-corrected chi connectivity index (χ0v) is 11.4. The minimum atomic E-state index is -0.345. The minimum absolute atomic E-state index is 0.0297. The highest BCUT2D eigenvalue weighted by atomic mass is 35.5. The fraction of sp³-hybridized carbons (Fsp3) is 0.357. The average molecular weight is 297 g/mol. The van der Waals surface area contributed by atoms with E-state index in [0.29, 0.717) is 10.8 Å². The van der Waals surface area contributed by atoms with Gasteiger partial charge in [-0.15, -0.1) is 0 Å². The fourth-order valence-electron chi connectivity index (χ4n) is 2.70. The van der Waals surface area contributed by atoms with Gasteiger partial charge in [0.15, 0.2) is 0 Å². The molecule has 6 heteroatoms. The van der Waals surface area contributed by atoms with E-state index in [9.17, 15) is 9.18 Å². The van der Waals surface area contributed by atoms with Crippen molar-refractivity contribution in [1.82, 2.24) is 10.5 Å². The summed E-state index contributed by atoms with van der Waals surface area (Å²) >= 11 is 6.10. The third kappa shape index (κ3) is 2.64. The van der Waals surface area contributed by atoms with Crippen molar-refractivity contribution in [2.45, 2.75) is 24.8 Å². The summed E-state index contributed by atoms with van der Waals surface area (Å²) in [6, 6.07) is 5.94. The Kier molecular flexibility index (Phi) is 3.63. The van der Waals surface area contributed by atoms with Gasteiger partial charge in [0.05, 0.1) is 0 Å². The Hall–Kier alpha value is -1.59. The van der Waals surface area contributed by atoms with E-state index in [4.69, 9.17) is 16.1 Å². The molecule has 20 heavy (non-hydrogen) atoms. The molecule has 1 aromatic carbocycles. The van der Waals surface area contributed by atoms with Crippen molar-refractivity contribution in [2.75, 3.05) is 6.54 Å². The Bertz CT molecular complexity index is 667. The van der Waals surface area contributed by atoms with E-state index < -0.39 is 0 Å². The van der Waals surface area contributed by atoms with Crippen LogP contribution in [0.25, 0.3) is 0 Å². The average Bonchev–Trinajstić information content (AvgIpc) is 2.86. The van der Waals surface area contributed by atoms with Gasteiger partial charge in [0, 0.05) is 23.0 Å². The predicted octanol–water partition coefficient (Wildman–Crippen LogP) is 2.97. The smallest absolute Gasteiger partial charge is 0.280 e. The van der Waals surface area contributed by atoms with E-state index in [1.807, 2.05) is 0 Å². The number of nitrogens with one attached hydrogen (secondary N) is 2. The van der Waals surface area contributed by atoms with Gasteiger partial charge < -0.3 is 9.84 Å². The van der Waals surface area contributed by atoms with Gasteiger partial charge in [-0.25, -0.2) is 4.39 Å². The van der Waals surface area contributed by atoms with Crippen LogP contribution in [0.15, 0.2) is 33.6 Å². The summed E-state index contributed by atoms with van der Waals surface area (Å²) in [6.45, 7) is 0.790. The van der Waals surface area contributed by atoms with Gasteiger partial charge in [0.25, 0.3) is 5.56 Å². The Morgan fingerprint density at radius 2 is 2.20 bits per heavy atom. The Labute approximate surface area is 119 Å². The summed E-state index contributed by atoms with van der Waals surface area (Å²) in [5, 5.41) is 6.09. The van der Waals surface area contributed by atoms with Gasteiger partial charge in [-0.2, -0.15) is 5.16 Å². The Morgan fingerprint density at radius 3 is 2.90 bits per heavy atom. The third-order valence-corrected chi connectivity index (χ3v) is 4.01. The first-order valence-electron chi connectivity index (χ1n) is 6.50. The number of rotatable bonds is 2. The van der Waals surface area contributed by atoms with E-state index >= 15 is 0 Å². The summed E-state index contributed by atoms with van der Waals surface area (Å²) < 4.78 is 18.3. The lowest BCUT2D eigenvalue weighted by atomic mass is 9.87. The number of hydrogen-bond donors (Lipinski definition) is 2. The molecule has 2 atom stereocenters. The second kappa shape index (κ2) is 5.42. The van der Waals surface area contributed by atoms with Crippen molar-refractivity contribution in [3.63, 3.8) is 0 Å². The van der Waals surface area contributed by atoms with Crippen molar-refractivity contribution in [3.8, 4) is 0 Å². The molecule has 2 aromatic rings. The molecule has 2 N–H and O–H groups in total. The van der Waals surface area contributed by atoms with Crippen molar-refractivity contribution in [2.24, 2.45) is 0 Å². The van der Waals surface area contributed by atoms with Crippen LogP contribution in [-0.2, 0) is 0 Å². The molecule has 4 nitrogen and oxygen atoms in total. The number of aromatic amines is 1. The van der Waals surface area contributed by atoms with Gasteiger partial charge in [-0.1, -0.05) is 17.7 Å². The molecule has 1 aliphatic rings. The summed E-state index contributed by atoms with van der Waals surface area (Å²) in [4.78, 5) is 11.1. The Balaban J connectivity index is 1.83. The van der Waals surface area contributed by atoms with Crippen LogP contribution in [0.1, 0.15) is 36.1 Å². The highest BCUT2D eigenvalue weighted by Crippen LogP contribution is 2.36. The SMILES string of the molecule is O=c1cc([C@H]2CCN[C@H](c3ccc(F)cc3Cl)C2)o[nH]1. The molecule has 0 amide bonds. The molecule has 0 aliphatic carbocycles. The number of aromatic nitrogens is 1. The second-order valence-corrected chi connectivity index (χ2v) is 5.42. The van der Waals surface area contributed by atoms with Crippen LogP contribution in [-0.4, -0.2) is 11.7 Å². The van der Waals surface area contributed by atoms with Crippen molar-refractivity contribution in [1.29, 1.82) is 0 Å². The first kappa shape index (κ1) is 13.4. The van der Waals surface area contributed by atoms with Gasteiger partial charge in [0.1, 0.15) is 11.6 Å². The number of benzene rings is 1. The van der Waals surface area contributed by atoms with E-state index in [1.54, 1.807) is 6.07 Å². The number of halogens is 2. The highest BCUT2D eigenvalue weighted by molar-refractivity contribution is 6.31. The number of piperidine rings is 1. The third-order valence-electron chi connectivity index (χ3n) is 3.69. The largest absolute Gasteiger partial charge is 0.383 e. The van der Waals surface area contributed by atoms with E-state index in [0.717, 1.165) is 24.9 Å². The first-order chi connectivity index (χ1) is 9.63. The molecule has 1 saturated heterocycles. The molecule has 1 aromatic heterocycles. The van der Waals surface area contributed by atoms with Gasteiger partial charge in [0.2, 0.25) is 0 Å². The lowest BCUT2D eigenvalue weighted by Gasteiger charge is -2.29. The lowest BCUT2D eigenvalue weighted by molar-refractivity contribution is 0.295. The molecule has 0 bridgehead atoms. The standard InChI is InChI=1S/C14H14ClFN2O2/c15-11-6-9(16)1-2-10(11)12-5-8(3-4-17-12)13-7-14(19)18-20-13/h1-2,6-8,12,17H,3-5H2,(H,18,19)/t8-,12-/m0/s1. The normalized spacial score (nSPS) is 22.9. The molecular weight excluding hydrogens is 283 g/mol. The molecule has 1 fully saturated rings. The van der Waals surface area contributed by atoms with E-state index in [-0.39, 0.29) is 23.3 Å². The maximum atomic E-state index is 13.1. The van der Waals surface area contributed by atoms with Gasteiger partial charge in [-0.3, -0.25) is 4.79 Å². The van der Waals surface area contributed by atoms with Crippen molar-refractivity contribution in [3.05, 3.63) is 56.8 Å². The zero-order chi connectivity index (χ0) is 14.1. The van der Waals surface area contributed by atoms with Crippen LogP contribution in [0.2, 0.25) is 5.02 Å². The summed E-state index contributed by atoms with van der Waals surface area (Å²) in [6.07, 6.45) is 1.64. The maximum absolute atomic E-state index is 13.1. The summed E-state index contributed by atoms with van der Waals surface area (Å²) in [7, 11) is 0. The molecule has 106 valence electrons. The van der Waals surface area contributed by atoms with Crippen LogP contribution in [0.3, 0.4) is 0 Å². The van der Waals surface area contributed by atoms with Crippen molar-refractivity contribution < 1.29 is 8.91 Å². The molecular formula is C14H14ClFN2O2. The molecule has 0 unspecified atom stereocenters. The first-order valence-corrected chi connectivity index (χ1v) is 6.88. The summed E-state index contributed by atoms with van der Waals surface area (Å²) in [5.74, 6) is 0.476. The second-order valence-electron chi connectivity index (χ2n) is 5.01.